The van der Waals surface area contributed by atoms with Crippen LogP contribution in [0.25, 0.3) is 0 Å². The number of nitrogens with two attached hydrogens (primary N) is 1. The maximum absolute atomic E-state index is 12.3. The van der Waals surface area contributed by atoms with E-state index in [2.05, 4.69) is 50.9 Å². The topological polar surface area (TPSA) is 82.2 Å². The van der Waals surface area contributed by atoms with Crippen LogP contribution in [-0.2, 0) is 4.79 Å². The van der Waals surface area contributed by atoms with Crippen molar-refractivity contribution in [3.8, 4) is 6.07 Å². The largest absolute Gasteiger partial charge is 0.336 e. The molecule has 0 radical (unpaired) electrons. The highest BCUT2D eigenvalue weighted by Gasteiger charge is 2.38. The van der Waals surface area contributed by atoms with Crippen molar-refractivity contribution in [3.05, 3.63) is 0 Å². The number of nitrogens with zero attached hydrogens (tertiary/aromatic N) is 2. The maximum atomic E-state index is 12.3. The lowest BCUT2D eigenvalue weighted by molar-refractivity contribution is -0.124. The minimum atomic E-state index is -0.752. The molecule has 0 saturated carbocycles. The van der Waals surface area contributed by atoms with Crippen LogP contribution in [-0.4, -0.2) is 41.5 Å². The molecule has 5 heteroatoms. The number of piperidine rings is 1. The van der Waals surface area contributed by atoms with Crippen LogP contribution in [0.1, 0.15) is 53.9 Å². The average Bonchev–Trinajstić information content (AvgIpc) is 2.37. The van der Waals surface area contributed by atoms with Gasteiger partial charge in [-0.3, -0.25) is 4.79 Å². The molecule has 5 nitrogen and oxygen atoms in total. The van der Waals surface area contributed by atoms with Gasteiger partial charge in [-0.25, -0.2) is 0 Å². The molecule has 1 amide bonds. The van der Waals surface area contributed by atoms with E-state index in [0.717, 1.165) is 13.1 Å². The summed E-state index contributed by atoms with van der Waals surface area (Å²) in [4.78, 5) is 14.6. The minimum Gasteiger partial charge on any atom is -0.336 e. The van der Waals surface area contributed by atoms with Crippen molar-refractivity contribution < 1.29 is 4.79 Å². The van der Waals surface area contributed by atoms with E-state index >= 15 is 0 Å². The summed E-state index contributed by atoms with van der Waals surface area (Å²) in [6.45, 7) is 12.1. The number of carbonyl (C=O) groups excluding carboxylic acids is 1. The first-order valence-corrected chi connectivity index (χ1v) is 7.81. The molecule has 0 bridgehead atoms. The van der Waals surface area contributed by atoms with E-state index in [1.165, 1.54) is 0 Å². The zero-order valence-electron chi connectivity index (χ0n) is 14.1. The Morgan fingerprint density at radius 2 is 1.90 bits per heavy atom. The third kappa shape index (κ3) is 5.29. The van der Waals surface area contributed by atoms with Crippen molar-refractivity contribution in [2.45, 2.75) is 71.5 Å². The Morgan fingerprint density at radius 1 is 1.38 bits per heavy atom. The second kappa shape index (κ2) is 6.76. The van der Waals surface area contributed by atoms with E-state index in [1.54, 1.807) is 0 Å². The number of hydrogen-bond acceptors (Lipinski definition) is 4. The summed E-state index contributed by atoms with van der Waals surface area (Å²) in [7, 11) is 0. The predicted octanol–water partition coefficient (Wildman–Crippen LogP) is 1.63. The van der Waals surface area contributed by atoms with E-state index in [1.807, 2.05) is 0 Å². The third-order valence-electron chi connectivity index (χ3n) is 4.13. The number of hydrogen-bond donors (Lipinski definition) is 2. The lowest BCUT2D eigenvalue weighted by atomic mass is 9.85. The molecule has 3 N–H and O–H groups in total. The van der Waals surface area contributed by atoms with Crippen LogP contribution in [0, 0.1) is 16.7 Å². The van der Waals surface area contributed by atoms with Gasteiger partial charge in [0.15, 0.2) is 0 Å². The first-order valence-electron chi connectivity index (χ1n) is 7.81. The fourth-order valence-electron chi connectivity index (χ4n) is 2.77. The lowest BCUT2D eigenvalue weighted by Gasteiger charge is -2.40. The van der Waals surface area contributed by atoms with Gasteiger partial charge in [0.2, 0.25) is 5.91 Å². The molecule has 1 rings (SSSR count). The van der Waals surface area contributed by atoms with E-state index < -0.39 is 11.6 Å². The Kier molecular flexibility index (Phi) is 5.77. The number of amides is 1. The second-order valence-electron chi connectivity index (χ2n) is 7.68. The molecule has 21 heavy (non-hydrogen) atoms. The lowest BCUT2D eigenvalue weighted by Crippen LogP contribution is -2.58. The Bertz CT molecular complexity index is 397. The Labute approximate surface area is 128 Å². The quantitative estimate of drug-likeness (QED) is 0.825. The molecular formula is C16H30N4O. The summed E-state index contributed by atoms with van der Waals surface area (Å²) in [5.41, 5.74) is 5.22. The molecule has 1 unspecified atom stereocenters. The molecular weight excluding hydrogens is 264 g/mol. The van der Waals surface area contributed by atoms with E-state index in [9.17, 15) is 10.1 Å². The fraction of sp³-hybridized carbons (Fsp3) is 0.875. The van der Waals surface area contributed by atoms with Gasteiger partial charge in [0.05, 0.1) is 12.1 Å². The molecule has 0 aromatic carbocycles. The van der Waals surface area contributed by atoms with Crippen LogP contribution in [0.15, 0.2) is 0 Å². The normalized spacial score (nSPS) is 20.9. The zero-order chi connectivity index (χ0) is 16.3. The molecule has 1 heterocycles. The van der Waals surface area contributed by atoms with Crippen molar-refractivity contribution in [2.24, 2.45) is 11.1 Å². The SMILES string of the molecule is CC(C)N1CCC(C#N)(NC(=O)C(N)CC(C)(C)C)CC1. The molecule has 0 aromatic heterocycles. The molecule has 0 aromatic rings. The van der Waals surface area contributed by atoms with Gasteiger partial charge >= 0.3 is 0 Å². The maximum Gasteiger partial charge on any atom is 0.238 e. The van der Waals surface area contributed by atoms with Crippen LogP contribution >= 0.6 is 0 Å². The Morgan fingerprint density at radius 3 is 2.29 bits per heavy atom. The smallest absolute Gasteiger partial charge is 0.238 e. The van der Waals surface area contributed by atoms with Crippen LogP contribution < -0.4 is 11.1 Å². The summed E-state index contributed by atoms with van der Waals surface area (Å²) >= 11 is 0. The molecule has 0 aliphatic carbocycles. The van der Waals surface area contributed by atoms with Crippen LogP contribution in [0.2, 0.25) is 0 Å². The highest BCUT2D eigenvalue weighted by atomic mass is 16.2. The van der Waals surface area contributed by atoms with Gasteiger partial charge in [-0.15, -0.1) is 0 Å². The average molecular weight is 294 g/mol. The molecule has 120 valence electrons. The second-order valence-corrected chi connectivity index (χ2v) is 7.68. The summed E-state index contributed by atoms with van der Waals surface area (Å²) < 4.78 is 0. The zero-order valence-corrected chi connectivity index (χ0v) is 14.1. The highest BCUT2D eigenvalue weighted by molar-refractivity contribution is 5.82. The van der Waals surface area contributed by atoms with E-state index in [-0.39, 0.29) is 11.3 Å². The molecule has 0 spiro atoms. The van der Waals surface area contributed by atoms with Crippen molar-refractivity contribution in [2.75, 3.05) is 13.1 Å². The van der Waals surface area contributed by atoms with E-state index in [4.69, 9.17) is 5.73 Å². The molecule has 1 fully saturated rings. The Balaban J connectivity index is 2.63. The number of carbonyl (C=O) groups is 1. The summed E-state index contributed by atoms with van der Waals surface area (Å²) in [5.74, 6) is -0.204. The minimum absolute atomic E-state index is 0.00241. The summed E-state index contributed by atoms with van der Waals surface area (Å²) in [6, 6.07) is 2.23. The highest BCUT2D eigenvalue weighted by Crippen LogP contribution is 2.24. The van der Waals surface area contributed by atoms with Crippen molar-refractivity contribution in [1.29, 1.82) is 5.26 Å². The van der Waals surface area contributed by atoms with Crippen molar-refractivity contribution in [1.82, 2.24) is 10.2 Å². The van der Waals surface area contributed by atoms with Gasteiger partial charge in [-0.2, -0.15) is 5.26 Å². The number of nitrogens with one attached hydrogen (secondary N) is 1. The summed E-state index contributed by atoms with van der Waals surface area (Å²) in [6.07, 6.45) is 1.93. The van der Waals surface area contributed by atoms with E-state index in [0.29, 0.717) is 25.3 Å². The van der Waals surface area contributed by atoms with Gasteiger partial charge in [0, 0.05) is 19.1 Å². The molecule has 1 atom stereocenters. The molecule has 1 saturated heterocycles. The monoisotopic (exact) mass is 294 g/mol. The van der Waals surface area contributed by atoms with Crippen molar-refractivity contribution in [3.63, 3.8) is 0 Å². The van der Waals surface area contributed by atoms with Crippen LogP contribution in [0.4, 0.5) is 0 Å². The van der Waals surface area contributed by atoms with Gasteiger partial charge in [0.1, 0.15) is 5.54 Å². The number of rotatable bonds is 4. The fourth-order valence-corrected chi connectivity index (χ4v) is 2.77. The van der Waals surface area contributed by atoms with Gasteiger partial charge in [-0.05, 0) is 38.5 Å². The molecule has 1 aliphatic rings. The van der Waals surface area contributed by atoms with Crippen LogP contribution in [0.5, 0.6) is 0 Å². The number of likely N-dealkylation sites (tertiary alicyclic amines) is 1. The first kappa shape index (κ1) is 17.9. The van der Waals surface area contributed by atoms with Crippen molar-refractivity contribution >= 4 is 5.91 Å². The summed E-state index contributed by atoms with van der Waals surface area (Å²) in [5, 5.41) is 12.4. The molecule has 1 aliphatic heterocycles. The third-order valence-corrected chi connectivity index (χ3v) is 4.13. The number of nitriles is 1. The first-order chi connectivity index (χ1) is 9.58. The van der Waals surface area contributed by atoms with Crippen LogP contribution in [0.3, 0.4) is 0 Å². The predicted molar refractivity (Wildman–Crippen MR) is 84.5 cm³/mol. The van der Waals surface area contributed by atoms with Gasteiger partial charge in [-0.1, -0.05) is 20.8 Å². The van der Waals surface area contributed by atoms with Gasteiger partial charge < -0.3 is 16.0 Å². The standard InChI is InChI=1S/C16H30N4O/c1-12(2)20-8-6-16(11-17,7-9-20)19-14(21)13(18)10-15(3,4)5/h12-13H,6-10,18H2,1-5H3,(H,19,21). The Hall–Kier alpha value is -1.12. The van der Waals surface area contributed by atoms with Gasteiger partial charge in [0.25, 0.3) is 0 Å².